The van der Waals surface area contributed by atoms with E-state index in [0.717, 1.165) is 11.5 Å². The lowest BCUT2D eigenvalue weighted by molar-refractivity contribution is 0.0724. The maximum Gasteiger partial charge on any atom is 0.123 e. The Bertz CT molecular complexity index is 553. The molecule has 0 fully saturated rings. The molecule has 2 rings (SSSR count). The summed E-state index contributed by atoms with van der Waals surface area (Å²) in [6, 6.07) is 9.57. The van der Waals surface area contributed by atoms with E-state index in [1.807, 2.05) is 31.0 Å². The molecule has 0 saturated carbocycles. The molecule has 1 heterocycles. The van der Waals surface area contributed by atoms with Crippen molar-refractivity contribution in [2.45, 2.75) is 19.6 Å². The second-order valence-electron chi connectivity index (χ2n) is 5.13. The van der Waals surface area contributed by atoms with Gasteiger partial charge in [0.2, 0.25) is 0 Å². The highest BCUT2D eigenvalue weighted by molar-refractivity contribution is 5.22. The zero-order chi connectivity index (χ0) is 15.2. The Morgan fingerprint density at radius 3 is 2.57 bits per heavy atom. The zero-order valence-electron chi connectivity index (χ0n) is 12.3. The lowest BCUT2D eigenvalue weighted by Gasteiger charge is -2.19. The summed E-state index contributed by atoms with van der Waals surface area (Å²) in [7, 11) is 1.90. The third-order valence-corrected chi connectivity index (χ3v) is 3.00. The van der Waals surface area contributed by atoms with Crippen molar-refractivity contribution in [3.05, 3.63) is 53.7 Å². The maximum absolute atomic E-state index is 12.7. The Morgan fingerprint density at radius 2 is 1.95 bits per heavy atom. The lowest BCUT2D eigenvalue weighted by Crippen LogP contribution is -2.32. The van der Waals surface area contributed by atoms with E-state index in [1.54, 1.807) is 0 Å². The highest BCUT2D eigenvalue weighted by Gasteiger charge is 2.11. The zero-order valence-corrected chi connectivity index (χ0v) is 12.3. The van der Waals surface area contributed by atoms with Crippen LogP contribution in [0.25, 0.3) is 0 Å². The molecule has 0 spiro atoms. The number of ether oxygens (including phenoxy) is 1. The molecule has 0 aliphatic carbocycles. The molecule has 2 aromatic rings. The predicted octanol–water partition coefficient (Wildman–Crippen LogP) is 2.60. The summed E-state index contributed by atoms with van der Waals surface area (Å²) in [6.07, 6.45) is -0.629. The number of aliphatic hydroxyl groups excluding tert-OH is 1. The molecule has 1 atom stereocenters. The molecule has 0 unspecified atom stereocenters. The van der Waals surface area contributed by atoms with Gasteiger partial charge in [-0.25, -0.2) is 4.39 Å². The number of nitrogens with zero attached hydrogens (tertiary/aromatic N) is 1. The van der Waals surface area contributed by atoms with Gasteiger partial charge in [0.05, 0.1) is 6.54 Å². The second kappa shape index (κ2) is 7.24. The fourth-order valence-electron chi connectivity index (χ4n) is 2.04. The van der Waals surface area contributed by atoms with Crippen LogP contribution in [0.4, 0.5) is 4.39 Å². The predicted molar refractivity (Wildman–Crippen MR) is 77.7 cm³/mol. The minimum absolute atomic E-state index is 0.160. The number of aryl methyl sites for hydroxylation is 1. The van der Waals surface area contributed by atoms with Gasteiger partial charge in [0.15, 0.2) is 0 Å². The number of halogens is 1. The van der Waals surface area contributed by atoms with Crippen LogP contribution in [0.2, 0.25) is 0 Å². The molecule has 114 valence electrons. The van der Waals surface area contributed by atoms with Crippen LogP contribution in [-0.2, 0) is 6.54 Å². The number of hydrogen-bond donors (Lipinski definition) is 1. The first-order valence-electron chi connectivity index (χ1n) is 6.83. The average Bonchev–Trinajstić information content (AvgIpc) is 2.83. The van der Waals surface area contributed by atoms with Crippen LogP contribution in [0.15, 0.2) is 40.8 Å². The Labute approximate surface area is 123 Å². The number of benzene rings is 1. The molecule has 1 aromatic heterocycles. The summed E-state index contributed by atoms with van der Waals surface area (Å²) < 4.78 is 23.6. The van der Waals surface area contributed by atoms with Gasteiger partial charge in [0.25, 0.3) is 0 Å². The van der Waals surface area contributed by atoms with E-state index in [-0.39, 0.29) is 12.4 Å². The summed E-state index contributed by atoms with van der Waals surface area (Å²) in [4.78, 5) is 1.96. The number of hydrogen-bond acceptors (Lipinski definition) is 4. The largest absolute Gasteiger partial charge is 0.491 e. The van der Waals surface area contributed by atoms with Crippen LogP contribution >= 0.6 is 0 Å². The van der Waals surface area contributed by atoms with E-state index in [1.165, 1.54) is 24.3 Å². The first-order valence-corrected chi connectivity index (χ1v) is 6.83. The van der Waals surface area contributed by atoms with Gasteiger partial charge in [-0.05, 0) is 50.4 Å². The molecular formula is C16H20FNO3. The number of furan rings is 1. The van der Waals surface area contributed by atoms with Gasteiger partial charge < -0.3 is 14.3 Å². The molecule has 0 amide bonds. The van der Waals surface area contributed by atoms with E-state index in [9.17, 15) is 9.50 Å². The molecule has 21 heavy (non-hydrogen) atoms. The smallest absolute Gasteiger partial charge is 0.123 e. The quantitative estimate of drug-likeness (QED) is 0.852. The number of likely N-dealkylation sites (N-methyl/N-ethyl adjacent to an activating group) is 1. The first kappa shape index (κ1) is 15.5. The lowest BCUT2D eigenvalue weighted by atomic mass is 10.3. The summed E-state index contributed by atoms with van der Waals surface area (Å²) in [5, 5.41) is 9.95. The van der Waals surface area contributed by atoms with E-state index in [0.29, 0.717) is 18.8 Å². The van der Waals surface area contributed by atoms with E-state index >= 15 is 0 Å². The fraction of sp³-hybridized carbons (Fsp3) is 0.375. The van der Waals surface area contributed by atoms with Gasteiger partial charge >= 0.3 is 0 Å². The summed E-state index contributed by atoms with van der Waals surface area (Å²) in [6.45, 7) is 3.14. The van der Waals surface area contributed by atoms with Crippen molar-refractivity contribution < 1.29 is 18.7 Å². The molecule has 0 radical (unpaired) electrons. The molecule has 1 aromatic carbocycles. The molecule has 4 nitrogen and oxygen atoms in total. The van der Waals surface area contributed by atoms with Crippen molar-refractivity contribution in [3.63, 3.8) is 0 Å². The van der Waals surface area contributed by atoms with E-state index < -0.39 is 6.10 Å². The number of rotatable bonds is 7. The minimum Gasteiger partial charge on any atom is -0.491 e. The Kier molecular flexibility index (Phi) is 5.36. The van der Waals surface area contributed by atoms with Crippen LogP contribution in [-0.4, -0.2) is 36.3 Å². The minimum atomic E-state index is -0.629. The van der Waals surface area contributed by atoms with Crippen molar-refractivity contribution in [3.8, 4) is 5.75 Å². The van der Waals surface area contributed by atoms with Crippen molar-refractivity contribution in [2.24, 2.45) is 0 Å². The average molecular weight is 293 g/mol. The van der Waals surface area contributed by atoms with Gasteiger partial charge in [0, 0.05) is 6.54 Å². The standard InChI is InChI=1S/C16H20FNO3/c1-12-3-6-16(21-12)10-18(2)9-14(19)11-20-15-7-4-13(17)5-8-15/h3-8,14,19H,9-11H2,1-2H3/t14-/m1/s1. The molecular weight excluding hydrogens is 273 g/mol. The van der Waals surface area contributed by atoms with E-state index in [4.69, 9.17) is 9.15 Å². The monoisotopic (exact) mass is 293 g/mol. The Morgan fingerprint density at radius 1 is 1.24 bits per heavy atom. The van der Waals surface area contributed by atoms with Gasteiger partial charge in [-0.2, -0.15) is 0 Å². The summed E-state index contributed by atoms with van der Waals surface area (Å²) in [5.74, 6) is 1.97. The molecule has 0 aliphatic heterocycles. The van der Waals surface area contributed by atoms with Crippen LogP contribution in [0.3, 0.4) is 0 Å². The van der Waals surface area contributed by atoms with Crippen LogP contribution in [0.1, 0.15) is 11.5 Å². The number of aliphatic hydroxyl groups is 1. The van der Waals surface area contributed by atoms with Crippen molar-refractivity contribution >= 4 is 0 Å². The SMILES string of the molecule is Cc1ccc(CN(C)C[C@@H](O)COc2ccc(F)cc2)o1. The van der Waals surface area contributed by atoms with Crippen LogP contribution < -0.4 is 4.74 Å². The van der Waals surface area contributed by atoms with Crippen molar-refractivity contribution in [2.75, 3.05) is 20.2 Å². The maximum atomic E-state index is 12.7. The van der Waals surface area contributed by atoms with Gasteiger partial charge in [0.1, 0.15) is 35.8 Å². The van der Waals surface area contributed by atoms with E-state index in [2.05, 4.69) is 0 Å². The topological polar surface area (TPSA) is 45.8 Å². The summed E-state index contributed by atoms with van der Waals surface area (Å²) in [5.41, 5.74) is 0. The molecule has 0 aliphatic rings. The molecule has 1 N–H and O–H groups in total. The van der Waals surface area contributed by atoms with Gasteiger partial charge in [-0.1, -0.05) is 0 Å². The van der Waals surface area contributed by atoms with Gasteiger partial charge in [-0.3, -0.25) is 4.90 Å². The fourth-order valence-corrected chi connectivity index (χ4v) is 2.04. The third-order valence-electron chi connectivity index (χ3n) is 3.00. The normalized spacial score (nSPS) is 12.6. The van der Waals surface area contributed by atoms with Gasteiger partial charge in [-0.15, -0.1) is 0 Å². The molecule has 0 bridgehead atoms. The second-order valence-corrected chi connectivity index (χ2v) is 5.13. The Hall–Kier alpha value is -1.85. The highest BCUT2D eigenvalue weighted by atomic mass is 19.1. The third kappa shape index (κ3) is 5.21. The van der Waals surface area contributed by atoms with Crippen molar-refractivity contribution in [1.29, 1.82) is 0 Å². The summed E-state index contributed by atoms with van der Waals surface area (Å²) >= 11 is 0. The molecule has 0 saturated heterocycles. The Balaban J connectivity index is 1.73. The van der Waals surface area contributed by atoms with Crippen molar-refractivity contribution in [1.82, 2.24) is 4.90 Å². The van der Waals surface area contributed by atoms with Crippen LogP contribution in [0, 0.1) is 12.7 Å². The highest BCUT2D eigenvalue weighted by Crippen LogP contribution is 2.12. The first-order chi connectivity index (χ1) is 10.0. The molecule has 5 heteroatoms. The van der Waals surface area contributed by atoms with Crippen LogP contribution in [0.5, 0.6) is 5.75 Å².